The van der Waals surface area contributed by atoms with Gasteiger partial charge in [0.05, 0.1) is 26.4 Å². The van der Waals surface area contributed by atoms with Gasteiger partial charge in [0.15, 0.2) is 12.2 Å². The average molecular weight is 1500 g/mol. The molecule has 0 radical (unpaired) electrons. The van der Waals surface area contributed by atoms with Crippen LogP contribution in [0.1, 0.15) is 336 Å². The molecule has 104 heavy (non-hydrogen) atoms. The topological polar surface area (TPSA) is 237 Å². The molecule has 0 saturated carbocycles. The van der Waals surface area contributed by atoms with Crippen LogP contribution in [0.2, 0.25) is 0 Å². The Balaban J connectivity index is 5.40. The highest BCUT2D eigenvalue weighted by Crippen LogP contribution is 2.45. The second-order valence-corrected chi connectivity index (χ2v) is 29.9. The zero-order valence-electron chi connectivity index (χ0n) is 65.4. The number of hydrogen-bond acceptors (Lipinski definition) is 15. The largest absolute Gasteiger partial charge is 0.472 e. The first-order chi connectivity index (χ1) is 50.7. The Kier molecular flexibility index (Phi) is 73.3. The van der Waals surface area contributed by atoms with E-state index in [2.05, 4.69) is 149 Å². The van der Waals surface area contributed by atoms with Crippen molar-refractivity contribution in [2.45, 2.75) is 354 Å². The van der Waals surface area contributed by atoms with Crippen molar-refractivity contribution < 1.29 is 80.2 Å². The molecule has 0 aromatic heterocycles. The maximum absolute atomic E-state index is 13.1. The molecule has 0 spiro atoms. The molecule has 0 aromatic rings. The van der Waals surface area contributed by atoms with E-state index in [0.717, 1.165) is 199 Å². The van der Waals surface area contributed by atoms with Gasteiger partial charge in [-0.15, -0.1) is 0 Å². The molecule has 0 fully saturated rings. The van der Waals surface area contributed by atoms with Crippen LogP contribution in [0.5, 0.6) is 0 Å². The molecular weight excluding hydrogens is 1350 g/mol. The van der Waals surface area contributed by atoms with Crippen molar-refractivity contribution >= 4 is 39.5 Å². The summed E-state index contributed by atoms with van der Waals surface area (Å²) in [6.45, 7) is 4.65. The highest BCUT2D eigenvalue weighted by atomic mass is 31.2. The molecule has 3 N–H and O–H groups in total. The average Bonchev–Trinajstić information content (AvgIpc) is 0.918. The second-order valence-electron chi connectivity index (χ2n) is 27.0. The molecule has 0 saturated heterocycles. The number of phosphoric acid groups is 2. The molecule has 5 unspecified atom stereocenters. The van der Waals surface area contributed by atoms with Gasteiger partial charge in [0.1, 0.15) is 19.3 Å². The number of aliphatic hydroxyl groups excluding tert-OH is 1. The first-order valence-electron chi connectivity index (χ1n) is 40.8. The summed E-state index contributed by atoms with van der Waals surface area (Å²) >= 11 is 0. The zero-order valence-corrected chi connectivity index (χ0v) is 67.2. The summed E-state index contributed by atoms with van der Waals surface area (Å²) in [5, 5.41) is 10.6. The second kappa shape index (κ2) is 76.6. The smallest absolute Gasteiger partial charge is 0.462 e. The standard InChI is InChI=1S/C85H146O17P2/c1-5-9-13-17-21-25-29-33-37-38-39-40-44-46-50-54-58-62-66-70-83(88)96-76-81(102-85(90)72-68-64-60-56-52-48-43-36-32-28-24-20-16-12-8-4)78-100-104(93,94)98-74-79(86)73-97-103(91,92)99-77-80(101-84(89)71-67-63-59-55-51-47-42-35-31-27-23-19-15-11-7-3)75-95-82(87)69-65-61-57-53-49-45-41-34-30-26-22-18-14-10-6-2/h9,13,21-28,33-37,39-43,79-81,86H,5-8,10-12,14-20,29-32,38,44-78H2,1-4H3,(H,91,92)(H,93,94)/b13-9-,25-21-,26-22-,27-23-,28-24-,37-33-,40-39-,41-34-,42-35-,43-36-. The van der Waals surface area contributed by atoms with Crippen molar-refractivity contribution in [2.75, 3.05) is 39.6 Å². The molecule has 5 atom stereocenters. The lowest BCUT2D eigenvalue weighted by Crippen LogP contribution is -2.30. The lowest BCUT2D eigenvalue weighted by atomic mass is 10.1. The fourth-order valence-corrected chi connectivity index (χ4v) is 12.2. The number of hydrogen-bond donors (Lipinski definition) is 3. The van der Waals surface area contributed by atoms with Crippen LogP contribution in [0, 0.1) is 0 Å². The Labute approximate surface area is 632 Å². The van der Waals surface area contributed by atoms with Crippen LogP contribution in [0.4, 0.5) is 0 Å². The van der Waals surface area contributed by atoms with Gasteiger partial charge in [0.2, 0.25) is 0 Å². The summed E-state index contributed by atoms with van der Waals surface area (Å²) in [4.78, 5) is 73.1. The number of unbranched alkanes of at least 4 members (excludes halogenated alkanes) is 30. The van der Waals surface area contributed by atoms with Crippen molar-refractivity contribution in [1.82, 2.24) is 0 Å². The van der Waals surface area contributed by atoms with Gasteiger partial charge in [-0.05, 0) is 161 Å². The van der Waals surface area contributed by atoms with Gasteiger partial charge in [-0.1, -0.05) is 271 Å². The van der Waals surface area contributed by atoms with E-state index < -0.39 is 97.5 Å². The van der Waals surface area contributed by atoms with Gasteiger partial charge in [0.25, 0.3) is 0 Å². The van der Waals surface area contributed by atoms with E-state index in [0.29, 0.717) is 25.7 Å². The maximum Gasteiger partial charge on any atom is 0.472 e. The fraction of sp³-hybridized carbons (Fsp3) is 0.718. The Morgan fingerprint density at radius 2 is 0.500 bits per heavy atom. The van der Waals surface area contributed by atoms with E-state index in [1.807, 2.05) is 0 Å². The number of carbonyl (C=O) groups excluding carboxylic acids is 4. The highest BCUT2D eigenvalue weighted by Gasteiger charge is 2.30. The van der Waals surface area contributed by atoms with Crippen LogP contribution >= 0.6 is 15.6 Å². The lowest BCUT2D eigenvalue weighted by Gasteiger charge is -2.21. The van der Waals surface area contributed by atoms with Crippen LogP contribution < -0.4 is 0 Å². The van der Waals surface area contributed by atoms with Crippen LogP contribution in [-0.2, 0) is 65.4 Å². The molecule has 0 aromatic carbocycles. The van der Waals surface area contributed by atoms with Crippen LogP contribution in [0.25, 0.3) is 0 Å². The molecular formula is C85H146O17P2. The first kappa shape index (κ1) is 99.5. The van der Waals surface area contributed by atoms with Crippen LogP contribution in [0.3, 0.4) is 0 Å². The minimum Gasteiger partial charge on any atom is -0.462 e. The molecule has 0 aliphatic rings. The third-order valence-corrected chi connectivity index (χ3v) is 18.8. The summed E-state index contributed by atoms with van der Waals surface area (Å²) in [6.07, 6.45) is 84.5. The third kappa shape index (κ3) is 75.7. The molecule has 0 heterocycles. The number of rotatable bonds is 76. The lowest BCUT2D eigenvalue weighted by molar-refractivity contribution is -0.161. The number of aliphatic hydroxyl groups is 1. The summed E-state index contributed by atoms with van der Waals surface area (Å²) in [7, 11) is -9.98. The Morgan fingerprint density at radius 3 is 0.769 bits per heavy atom. The van der Waals surface area contributed by atoms with E-state index in [4.69, 9.17) is 37.0 Å². The van der Waals surface area contributed by atoms with Crippen molar-refractivity contribution in [3.63, 3.8) is 0 Å². The predicted molar refractivity (Wildman–Crippen MR) is 427 cm³/mol. The monoisotopic (exact) mass is 1500 g/mol. The summed E-state index contributed by atoms with van der Waals surface area (Å²) in [5.74, 6) is -2.23. The first-order valence-corrected chi connectivity index (χ1v) is 43.8. The molecule has 17 nitrogen and oxygen atoms in total. The zero-order chi connectivity index (χ0) is 76.0. The van der Waals surface area contributed by atoms with Crippen molar-refractivity contribution in [3.05, 3.63) is 122 Å². The van der Waals surface area contributed by atoms with Gasteiger partial charge in [0, 0.05) is 25.7 Å². The van der Waals surface area contributed by atoms with E-state index in [1.165, 1.54) is 57.8 Å². The number of allylic oxidation sites excluding steroid dienone is 20. The van der Waals surface area contributed by atoms with E-state index in [9.17, 15) is 43.2 Å². The fourth-order valence-electron chi connectivity index (χ4n) is 10.7. The van der Waals surface area contributed by atoms with Gasteiger partial charge in [-0.25, -0.2) is 9.13 Å². The van der Waals surface area contributed by atoms with Gasteiger partial charge >= 0.3 is 39.5 Å². The van der Waals surface area contributed by atoms with Gasteiger partial charge in [-0.2, -0.15) is 0 Å². The summed E-state index contributed by atoms with van der Waals surface area (Å²) in [6, 6.07) is 0. The molecule has 0 aliphatic heterocycles. The number of ether oxygens (including phenoxy) is 4. The van der Waals surface area contributed by atoms with E-state index in [1.54, 1.807) is 0 Å². The van der Waals surface area contributed by atoms with Crippen LogP contribution in [0.15, 0.2) is 122 Å². The summed E-state index contributed by atoms with van der Waals surface area (Å²) < 4.78 is 68.6. The Hall–Kier alpha value is -4.54. The normalized spacial score (nSPS) is 14.5. The highest BCUT2D eigenvalue weighted by molar-refractivity contribution is 7.47. The third-order valence-electron chi connectivity index (χ3n) is 16.9. The summed E-state index contributed by atoms with van der Waals surface area (Å²) in [5.41, 5.74) is 0. The number of phosphoric ester groups is 2. The number of esters is 4. The molecule has 0 amide bonds. The minimum absolute atomic E-state index is 0.0731. The van der Waals surface area contributed by atoms with Crippen molar-refractivity contribution in [1.29, 1.82) is 0 Å². The SMILES string of the molecule is CC/C=C\C/C=C\C/C=C\C/C=C\CCCCCCCCC(=O)OCC(COP(=O)(O)OCC(O)COP(=O)(O)OCC(COC(=O)CCCCCCC/C=C\C/C=C\CCCCC)OC(=O)CCCCCCC/C=C\C/C=C\CCCCC)OC(=O)CCCCCCC/C=C\C/C=C\CCCCC. The van der Waals surface area contributed by atoms with Crippen molar-refractivity contribution in [2.24, 2.45) is 0 Å². The number of carbonyl (C=O) groups is 4. The van der Waals surface area contributed by atoms with Crippen LogP contribution in [-0.4, -0.2) is 96.7 Å². The molecule has 598 valence electrons. The Bertz CT molecular complexity index is 2440. The quantitative estimate of drug-likeness (QED) is 0.0169. The minimum atomic E-state index is -4.99. The molecule has 0 bridgehead atoms. The van der Waals surface area contributed by atoms with E-state index in [-0.39, 0.29) is 25.7 Å². The predicted octanol–water partition coefficient (Wildman–Crippen LogP) is 23.9. The molecule has 19 heteroatoms. The van der Waals surface area contributed by atoms with Gasteiger partial charge in [-0.3, -0.25) is 37.3 Å². The Morgan fingerprint density at radius 1 is 0.279 bits per heavy atom. The molecule has 0 aliphatic carbocycles. The molecule has 0 rings (SSSR count). The van der Waals surface area contributed by atoms with Gasteiger partial charge < -0.3 is 33.8 Å². The maximum atomic E-state index is 13.1. The van der Waals surface area contributed by atoms with Crippen molar-refractivity contribution in [3.8, 4) is 0 Å². The van der Waals surface area contributed by atoms with E-state index >= 15 is 0 Å².